The molecule has 1 aromatic rings. The largest absolute Gasteiger partial charge is 0.484 e. The summed E-state index contributed by atoms with van der Waals surface area (Å²) in [4.78, 5) is 16.9. The summed E-state index contributed by atoms with van der Waals surface area (Å²) in [5, 5.41) is 0. The molecule has 2 fully saturated rings. The van der Waals surface area contributed by atoms with Crippen LogP contribution in [-0.2, 0) is 4.79 Å². The van der Waals surface area contributed by atoms with Gasteiger partial charge in [0, 0.05) is 32.7 Å². The second-order valence-electron chi connectivity index (χ2n) is 7.83. The van der Waals surface area contributed by atoms with Gasteiger partial charge in [0.2, 0.25) is 0 Å². The molecule has 3 aliphatic rings. The Hall–Kier alpha value is -1.81. The smallest absolute Gasteiger partial charge is 0.260 e. The number of carbonyl (C=O) groups is 1. The lowest BCUT2D eigenvalue weighted by Gasteiger charge is -2.36. The van der Waals surface area contributed by atoms with Crippen LogP contribution in [0.4, 0.5) is 0 Å². The van der Waals surface area contributed by atoms with Crippen LogP contribution in [0.1, 0.15) is 18.4 Å². The van der Waals surface area contributed by atoms with E-state index >= 15 is 0 Å². The fraction of sp³-hybridized carbons (Fsp3) is 0.571. The van der Waals surface area contributed by atoms with Crippen molar-refractivity contribution in [3.05, 3.63) is 42.0 Å². The van der Waals surface area contributed by atoms with E-state index in [0.29, 0.717) is 0 Å². The Morgan fingerprint density at radius 2 is 2.00 bits per heavy atom. The fourth-order valence-corrected chi connectivity index (χ4v) is 4.56. The average Bonchev–Trinajstić information content (AvgIpc) is 3.23. The van der Waals surface area contributed by atoms with Gasteiger partial charge in [-0.05, 0) is 55.2 Å². The van der Waals surface area contributed by atoms with E-state index in [-0.39, 0.29) is 12.5 Å². The van der Waals surface area contributed by atoms with E-state index in [4.69, 9.17) is 4.74 Å². The van der Waals surface area contributed by atoms with Crippen LogP contribution in [-0.4, -0.2) is 55.0 Å². The number of fused-ring (bicyclic) bond motifs is 2. The van der Waals surface area contributed by atoms with Gasteiger partial charge in [-0.1, -0.05) is 24.3 Å². The van der Waals surface area contributed by atoms with Crippen molar-refractivity contribution < 1.29 is 9.53 Å². The highest BCUT2D eigenvalue weighted by molar-refractivity contribution is 5.77. The second-order valence-corrected chi connectivity index (χ2v) is 7.83. The molecule has 0 spiro atoms. The van der Waals surface area contributed by atoms with Gasteiger partial charge in [-0.15, -0.1) is 0 Å². The Balaban J connectivity index is 1.20. The summed E-state index contributed by atoms with van der Waals surface area (Å²) < 4.78 is 5.66. The number of allylic oxidation sites excluding steroid dienone is 2. The standard InChI is InChI=1S/C21H28N2O2/c1-16-3-2-4-20(11-16)25-15-21(24)23-9-7-22(8-10-23)14-19-13-17-5-6-18(19)12-17/h2-6,11,17-19H,7-10,12-15H2,1H3/t17-,18-,19+/m0/s1. The topological polar surface area (TPSA) is 32.8 Å². The number of rotatable bonds is 5. The third kappa shape index (κ3) is 3.90. The number of carbonyl (C=O) groups excluding carboxylic acids is 1. The molecule has 2 bridgehead atoms. The Labute approximate surface area is 150 Å². The first-order valence-electron chi connectivity index (χ1n) is 9.55. The third-order valence-corrected chi connectivity index (χ3v) is 5.99. The van der Waals surface area contributed by atoms with Gasteiger partial charge >= 0.3 is 0 Å². The van der Waals surface area contributed by atoms with Crippen LogP contribution in [0.5, 0.6) is 5.75 Å². The van der Waals surface area contributed by atoms with Crippen LogP contribution >= 0.6 is 0 Å². The molecule has 4 rings (SSSR count). The van der Waals surface area contributed by atoms with Crippen molar-refractivity contribution in [2.24, 2.45) is 17.8 Å². The molecule has 1 amide bonds. The van der Waals surface area contributed by atoms with Gasteiger partial charge < -0.3 is 9.64 Å². The van der Waals surface area contributed by atoms with E-state index in [1.165, 1.54) is 19.4 Å². The Kier molecular flexibility index (Phi) is 4.80. The quantitative estimate of drug-likeness (QED) is 0.773. The molecule has 2 aliphatic carbocycles. The van der Waals surface area contributed by atoms with Gasteiger partial charge in [0.05, 0.1) is 0 Å². The molecule has 3 atom stereocenters. The van der Waals surface area contributed by atoms with E-state index in [0.717, 1.165) is 55.2 Å². The van der Waals surface area contributed by atoms with E-state index in [2.05, 4.69) is 17.1 Å². The number of piperazine rings is 1. The maximum absolute atomic E-state index is 12.4. The molecular formula is C21H28N2O2. The molecule has 1 heterocycles. The van der Waals surface area contributed by atoms with Crippen LogP contribution < -0.4 is 4.74 Å². The normalized spacial score (nSPS) is 28.5. The van der Waals surface area contributed by atoms with E-state index in [9.17, 15) is 4.79 Å². The van der Waals surface area contributed by atoms with E-state index in [1.54, 1.807) is 0 Å². The molecule has 0 radical (unpaired) electrons. The fourth-order valence-electron chi connectivity index (χ4n) is 4.56. The molecule has 0 aromatic heterocycles. The van der Waals surface area contributed by atoms with Gasteiger partial charge in [0.25, 0.3) is 5.91 Å². The summed E-state index contributed by atoms with van der Waals surface area (Å²) >= 11 is 0. The summed E-state index contributed by atoms with van der Waals surface area (Å²) in [6.07, 6.45) is 7.58. The second kappa shape index (κ2) is 7.20. The molecule has 0 N–H and O–H groups in total. The first kappa shape index (κ1) is 16.6. The van der Waals surface area contributed by atoms with Crippen molar-refractivity contribution >= 4 is 5.91 Å². The summed E-state index contributed by atoms with van der Waals surface area (Å²) in [7, 11) is 0. The third-order valence-electron chi connectivity index (χ3n) is 5.99. The minimum Gasteiger partial charge on any atom is -0.484 e. The maximum Gasteiger partial charge on any atom is 0.260 e. The van der Waals surface area contributed by atoms with Gasteiger partial charge in [0.1, 0.15) is 5.75 Å². The monoisotopic (exact) mass is 340 g/mol. The van der Waals surface area contributed by atoms with Crippen LogP contribution in [0.15, 0.2) is 36.4 Å². The lowest BCUT2D eigenvalue weighted by molar-refractivity contribution is -0.135. The SMILES string of the molecule is Cc1cccc(OCC(=O)N2CCN(C[C@H]3C[C@H]4C=C[C@H]3C4)CC2)c1. The van der Waals surface area contributed by atoms with Crippen molar-refractivity contribution in [2.75, 3.05) is 39.3 Å². The molecule has 1 aromatic carbocycles. The highest BCUT2D eigenvalue weighted by Gasteiger charge is 2.36. The Bertz CT molecular complexity index is 649. The van der Waals surface area contributed by atoms with Crippen molar-refractivity contribution in [3.8, 4) is 5.75 Å². The zero-order chi connectivity index (χ0) is 17.2. The first-order chi connectivity index (χ1) is 12.2. The van der Waals surface area contributed by atoms with Crippen molar-refractivity contribution in [1.29, 1.82) is 0 Å². The Morgan fingerprint density at radius 1 is 1.16 bits per heavy atom. The molecule has 25 heavy (non-hydrogen) atoms. The average molecular weight is 340 g/mol. The number of hydrogen-bond donors (Lipinski definition) is 0. The molecule has 4 heteroatoms. The predicted molar refractivity (Wildman–Crippen MR) is 98.5 cm³/mol. The number of nitrogens with zero attached hydrogens (tertiary/aromatic N) is 2. The molecule has 1 saturated heterocycles. The molecule has 1 saturated carbocycles. The van der Waals surface area contributed by atoms with Gasteiger partial charge in [-0.2, -0.15) is 0 Å². The molecule has 0 unspecified atom stereocenters. The number of amides is 1. The first-order valence-corrected chi connectivity index (χ1v) is 9.55. The van der Waals surface area contributed by atoms with Crippen molar-refractivity contribution in [1.82, 2.24) is 9.80 Å². The van der Waals surface area contributed by atoms with E-state index in [1.807, 2.05) is 36.1 Å². The number of hydrogen-bond acceptors (Lipinski definition) is 3. The minimum atomic E-state index is 0.101. The summed E-state index contributed by atoms with van der Waals surface area (Å²) in [6, 6.07) is 7.86. The molecule has 134 valence electrons. The zero-order valence-electron chi connectivity index (χ0n) is 15.1. The number of aryl methyl sites for hydroxylation is 1. The molecule has 1 aliphatic heterocycles. The molecular weight excluding hydrogens is 312 g/mol. The Morgan fingerprint density at radius 3 is 2.68 bits per heavy atom. The lowest BCUT2D eigenvalue weighted by atomic mass is 9.93. The number of benzene rings is 1. The van der Waals surface area contributed by atoms with Crippen LogP contribution in [0.3, 0.4) is 0 Å². The summed E-state index contributed by atoms with van der Waals surface area (Å²) in [5.41, 5.74) is 1.15. The lowest BCUT2D eigenvalue weighted by Crippen LogP contribution is -2.51. The number of ether oxygens (including phenoxy) is 1. The van der Waals surface area contributed by atoms with Crippen molar-refractivity contribution in [2.45, 2.75) is 19.8 Å². The van der Waals surface area contributed by atoms with E-state index < -0.39 is 0 Å². The van der Waals surface area contributed by atoms with Gasteiger partial charge in [-0.25, -0.2) is 0 Å². The maximum atomic E-state index is 12.4. The highest BCUT2D eigenvalue weighted by atomic mass is 16.5. The summed E-state index contributed by atoms with van der Waals surface area (Å²) in [6.45, 7) is 7.01. The van der Waals surface area contributed by atoms with Gasteiger partial charge in [0.15, 0.2) is 6.61 Å². The van der Waals surface area contributed by atoms with Crippen molar-refractivity contribution in [3.63, 3.8) is 0 Å². The molecule has 4 nitrogen and oxygen atoms in total. The van der Waals surface area contributed by atoms with Crippen LogP contribution in [0.2, 0.25) is 0 Å². The highest BCUT2D eigenvalue weighted by Crippen LogP contribution is 2.43. The predicted octanol–water partition coefficient (Wildman–Crippen LogP) is 2.73. The van der Waals surface area contributed by atoms with Gasteiger partial charge in [-0.3, -0.25) is 9.69 Å². The minimum absolute atomic E-state index is 0.101. The van der Waals surface area contributed by atoms with Crippen LogP contribution in [0.25, 0.3) is 0 Å². The van der Waals surface area contributed by atoms with Crippen LogP contribution in [0, 0.1) is 24.7 Å². The zero-order valence-corrected chi connectivity index (χ0v) is 15.1. The summed E-state index contributed by atoms with van der Waals surface area (Å²) in [5.74, 6) is 3.37.